The van der Waals surface area contributed by atoms with Crippen molar-refractivity contribution in [1.82, 2.24) is 15.0 Å². The van der Waals surface area contributed by atoms with Crippen LogP contribution in [0.25, 0.3) is 0 Å². The predicted molar refractivity (Wildman–Crippen MR) is 78.0 cm³/mol. The third-order valence-electron chi connectivity index (χ3n) is 3.81. The number of benzene rings is 1. The highest BCUT2D eigenvalue weighted by Gasteiger charge is 2.34. The zero-order chi connectivity index (χ0) is 15.0. The van der Waals surface area contributed by atoms with Crippen molar-refractivity contribution in [2.75, 3.05) is 6.54 Å². The topological polar surface area (TPSA) is 59.2 Å². The molecule has 1 atom stereocenters. The Hall–Kier alpha value is -2.17. The van der Waals surface area contributed by atoms with Gasteiger partial charge < -0.3 is 9.42 Å². The molecule has 2 aromatic rings. The second-order valence-electron chi connectivity index (χ2n) is 5.71. The van der Waals surface area contributed by atoms with Gasteiger partial charge in [-0.1, -0.05) is 22.3 Å². The monoisotopic (exact) mass is 285 g/mol. The third-order valence-corrected chi connectivity index (χ3v) is 3.81. The van der Waals surface area contributed by atoms with Gasteiger partial charge in [-0.25, -0.2) is 0 Å². The minimum absolute atomic E-state index is 0.0418. The molecule has 3 rings (SSSR count). The van der Waals surface area contributed by atoms with Crippen molar-refractivity contribution in [3.8, 4) is 0 Å². The lowest BCUT2D eigenvalue weighted by Gasteiger charge is -2.22. The summed E-state index contributed by atoms with van der Waals surface area (Å²) < 4.78 is 5.26. The van der Waals surface area contributed by atoms with E-state index < -0.39 is 0 Å². The predicted octanol–water partition coefficient (Wildman–Crippen LogP) is 2.97. The van der Waals surface area contributed by atoms with Crippen molar-refractivity contribution in [2.45, 2.75) is 39.7 Å². The van der Waals surface area contributed by atoms with E-state index in [4.69, 9.17) is 4.52 Å². The van der Waals surface area contributed by atoms with Crippen LogP contribution in [-0.2, 0) is 0 Å². The van der Waals surface area contributed by atoms with Crippen LogP contribution in [0.4, 0.5) is 0 Å². The molecular formula is C16H19N3O2. The SMILES string of the molecule is Cc1cc(C)cc(C(=O)N2CCCC2c2nc(C)no2)c1. The molecule has 1 saturated heterocycles. The molecule has 5 heteroatoms. The summed E-state index contributed by atoms with van der Waals surface area (Å²) in [5, 5.41) is 3.83. The van der Waals surface area contributed by atoms with E-state index in [0.717, 1.165) is 36.1 Å². The Morgan fingerprint density at radius 3 is 2.57 bits per heavy atom. The van der Waals surface area contributed by atoms with Gasteiger partial charge in [-0.2, -0.15) is 4.98 Å². The highest BCUT2D eigenvalue weighted by Crippen LogP contribution is 2.32. The van der Waals surface area contributed by atoms with Crippen LogP contribution in [0.3, 0.4) is 0 Å². The zero-order valence-corrected chi connectivity index (χ0v) is 12.6. The molecule has 1 aliphatic rings. The molecule has 0 aliphatic carbocycles. The summed E-state index contributed by atoms with van der Waals surface area (Å²) in [6.45, 7) is 6.54. The van der Waals surface area contributed by atoms with E-state index in [1.807, 2.05) is 30.9 Å². The largest absolute Gasteiger partial charge is 0.337 e. The van der Waals surface area contributed by atoms with Crippen molar-refractivity contribution in [3.63, 3.8) is 0 Å². The van der Waals surface area contributed by atoms with E-state index >= 15 is 0 Å². The van der Waals surface area contributed by atoms with Gasteiger partial charge in [0, 0.05) is 12.1 Å². The van der Waals surface area contributed by atoms with Crippen LogP contribution < -0.4 is 0 Å². The molecule has 1 aromatic heterocycles. The maximum absolute atomic E-state index is 12.8. The number of rotatable bonds is 2. The molecule has 0 radical (unpaired) electrons. The van der Waals surface area contributed by atoms with E-state index in [9.17, 15) is 4.79 Å². The lowest BCUT2D eigenvalue weighted by molar-refractivity contribution is 0.0710. The first kappa shape index (κ1) is 13.8. The van der Waals surface area contributed by atoms with Gasteiger partial charge in [-0.15, -0.1) is 0 Å². The van der Waals surface area contributed by atoms with Crippen LogP contribution >= 0.6 is 0 Å². The normalized spacial score (nSPS) is 18.2. The first-order valence-corrected chi connectivity index (χ1v) is 7.24. The van der Waals surface area contributed by atoms with E-state index in [1.165, 1.54) is 0 Å². The molecule has 1 fully saturated rings. The molecule has 1 unspecified atom stereocenters. The highest BCUT2D eigenvalue weighted by atomic mass is 16.5. The molecule has 1 aromatic carbocycles. The van der Waals surface area contributed by atoms with E-state index in [1.54, 1.807) is 6.92 Å². The second-order valence-corrected chi connectivity index (χ2v) is 5.71. The Labute approximate surface area is 124 Å². The number of nitrogens with zero attached hydrogens (tertiary/aromatic N) is 3. The third kappa shape index (κ3) is 2.68. The molecule has 1 aliphatic heterocycles. The quantitative estimate of drug-likeness (QED) is 0.851. The van der Waals surface area contributed by atoms with E-state index in [2.05, 4.69) is 16.2 Å². The fraction of sp³-hybridized carbons (Fsp3) is 0.438. The van der Waals surface area contributed by atoms with Crippen LogP contribution in [0.1, 0.15) is 52.1 Å². The number of hydrogen-bond donors (Lipinski definition) is 0. The van der Waals surface area contributed by atoms with E-state index in [-0.39, 0.29) is 11.9 Å². The Morgan fingerprint density at radius 2 is 1.95 bits per heavy atom. The van der Waals surface area contributed by atoms with E-state index in [0.29, 0.717) is 11.7 Å². The van der Waals surface area contributed by atoms with Gasteiger partial charge in [0.25, 0.3) is 5.91 Å². The summed E-state index contributed by atoms with van der Waals surface area (Å²) >= 11 is 0. The molecule has 0 saturated carbocycles. The maximum atomic E-state index is 12.8. The first-order valence-electron chi connectivity index (χ1n) is 7.24. The zero-order valence-electron chi connectivity index (χ0n) is 12.6. The van der Waals surface area contributed by atoms with Crippen LogP contribution in [0, 0.1) is 20.8 Å². The summed E-state index contributed by atoms with van der Waals surface area (Å²) in [5.74, 6) is 1.19. The van der Waals surface area contributed by atoms with Crippen LogP contribution in [0.15, 0.2) is 22.7 Å². The number of carbonyl (C=O) groups is 1. The Kier molecular flexibility index (Phi) is 3.49. The number of amides is 1. The summed E-state index contributed by atoms with van der Waals surface area (Å²) in [6, 6.07) is 5.84. The number of likely N-dealkylation sites (tertiary alicyclic amines) is 1. The van der Waals surface area contributed by atoms with Gasteiger partial charge >= 0.3 is 0 Å². The number of aromatic nitrogens is 2. The van der Waals surface area contributed by atoms with Crippen molar-refractivity contribution in [2.24, 2.45) is 0 Å². The molecule has 0 bridgehead atoms. The molecule has 0 spiro atoms. The summed E-state index contributed by atoms with van der Waals surface area (Å²) in [7, 11) is 0. The Morgan fingerprint density at radius 1 is 1.24 bits per heavy atom. The van der Waals surface area contributed by atoms with Gasteiger partial charge in [-0.05, 0) is 45.7 Å². The lowest BCUT2D eigenvalue weighted by atomic mass is 10.1. The lowest BCUT2D eigenvalue weighted by Crippen LogP contribution is -2.30. The van der Waals surface area contributed by atoms with Crippen LogP contribution in [0.2, 0.25) is 0 Å². The fourth-order valence-corrected chi connectivity index (χ4v) is 2.98. The van der Waals surface area contributed by atoms with Crippen molar-refractivity contribution < 1.29 is 9.32 Å². The fourth-order valence-electron chi connectivity index (χ4n) is 2.98. The molecule has 2 heterocycles. The minimum Gasteiger partial charge on any atom is -0.337 e. The highest BCUT2D eigenvalue weighted by molar-refractivity contribution is 5.95. The first-order chi connectivity index (χ1) is 10.0. The Balaban J connectivity index is 1.89. The average molecular weight is 285 g/mol. The van der Waals surface area contributed by atoms with Gasteiger partial charge in [0.05, 0.1) is 0 Å². The van der Waals surface area contributed by atoms with Gasteiger partial charge in [-0.3, -0.25) is 4.79 Å². The molecule has 110 valence electrons. The number of aryl methyl sites for hydroxylation is 3. The molecule has 5 nitrogen and oxygen atoms in total. The summed E-state index contributed by atoms with van der Waals surface area (Å²) in [6.07, 6.45) is 1.83. The van der Waals surface area contributed by atoms with Crippen molar-refractivity contribution >= 4 is 5.91 Å². The molecular weight excluding hydrogens is 266 g/mol. The van der Waals surface area contributed by atoms with Crippen LogP contribution in [0.5, 0.6) is 0 Å². The Bertz CT molecular complexity index is 658. The number of hydrogen-bond acceptors (Lipinski definition) is 4. The molecule has 0 N–H and O–H groups in total. The maximum Gasteiger partial charge on any atom is 0.254 e. The van der Waals surface area contributed by atoms with Gasteiger partial charge in [0.15, 0.2) is 5.82 Å². The van der Waals surface area contributed by atoms with Crippen LogP contribution in [-0.4, -0.2) is 27.5 Å². The standard InChI is InChI=1S/C16H19N3O2/c1-10-7-11(2)9-13(8-10)16(20)19-6-4-5-14(19)15-17-12(3)18-21-15/h7-9,14H,4-6H2,1-3H3. The van der Waals surface area contributed by atoms with Gasteiger partial charge in [0.2, 0.25) is 5.89 Å². The summed E-state index contributed by atoms with van der Waals surface area (Å²) in [5.41, 5.74) is 2.93. The average Bonchev–Trinajstić information content (AvgIpc) is 3.04. The number of carbonyl (C=O) groups excluding carboxylic acids is 1. The van der Waals surface area contributed by atoms with Crippen molar-refractivity contribution in [3.05, 3.63) is 46.6 Å². The smallest absolute Gasteiger partial charge is 0.254 e. The van der Waals surface area contributed by atoms with Crippen molar-refractivity contribution in [1.29, 1.82) is 0 Å². The summed E-state index contributed by atoms with van der Waals surface area (Å²) in [4.78, 5) is 18.9. The molecule has 1 amide bonds. The minimum atomic E-state index is -0.0977. The molecule has 21 heavy (non-hydrogen) atoms. The second kappa shape index (κ2) is 5.31. The van der Waals surface area contributed by atoms with Gasteiger partial charge in [0.1, 0.15) is 6.04 Å².